The molecule has 0 aromatic heterocycles. The van der Waals surface area contributed by atoms with Gasteiger partial charge in [0.15, 0.2) is 0 Å². The Morgan fingerprint density at radius 2 is 1.95 bits per heavy atom. The second-order valence-corrected chi connectivity index (χ2v) is 5.62. The van der Waals surface area contributed by atoms with Crippen molar-refractivity contribution in [2.45, 2.75) is 32.5 Å². The number of carbonyl (C=O) groups excluding carboxylic acids is 1. The van der Waals surface area contributed by atoms with Crippen LogP contribution in [0.25, 0.3) is 0 Å². The Morgan fingerprint density at radius 3 is 2.43 bits per heavy atom. The van der Waals surface area contributed by atoms with Crippen molar-refractivity contribution >= 4 is 21.8 Å². The highest BCUT2D eigenvalue weighted by molar-refractivity contribution is 9.09. The van der Waals surface area contributed by atoms with Crippen LogP contribution in [0.1, 0.15) is 36.2 Å². The zero-order valence-electron chi connectivity index (χ0n) is 11.7. The molecule has 1 aromatic carbocycles. The van der Waals surface area contributed by atoms with Crippen LogP contribution in [-0.4, -0.2) is 28.7 Å². The third-order valence-corrected chi connectivity index (χ3v) is 3.50. The topological polar surface area (TPSA) is 20.3 Å². The fourth-order valence-corrected chi connectivity index (χ4v) is 2.12. The van der Waals surface area contributed by atoms with Gasteiger partial charge in [-0.2, -0.15) is 13.2 Å². The Hall–Kier alpha value is -1.11. The molecule has 0 bridgehead atoms. The first-order valence-corrected chi connectivity index (χ1v) is 7.54. The molecule has 0 heterocycles. The molecule has 7 heteroatoms. The largest absolute Gasteiger partial charge is 0.419 e. The van der Waals surface area contributed by atoms with Crippen LogP contribution in [0.15, 0.2) is 18.2 Å². The van der Waals surface area contributed by atoms with Crippen molar-refractivity contribution in [2.24, 2.45) is 0 Å². The summed E-state index contributed by atoms with van der Waals surface area (Å²) in [5.74, 6) is -1.91. The van der Waals surface area contributed by atoms with Crippen LogP contribution in [0, 0.1) is 5.82 Å². The molecule has 0 saturated heterocycles. The third-order valence-electron chi connectivity index (χ3n) is 2.94. The molecule has 0 aliphatic heterocycles. The smallest absolute Gasteiger partial charge is 0.336 e. The Balaban J connectivity index is 3.11. The molecule has 0 radical (unpaired) electrons. The van der Waals surface area contributed by atoms with Gasteiger partial charge in [0, 0.05) is 23.5 Å². The van der Waals surface area contributed by atoms with Gasteiger partial charge in [-0.25, -0.2) is 4.39 Å². The molecule has 118 valence electrons. The summed E-state index contributed by atoms with van der Waals surface area (Å²) in [5, 5.41) is 0.681. The van der Waals surface area contributed by atoms with Gasteiger partial charge in [0.05, 0.1) is 5.56 Å². The minimum atomic E-state index is -4.82. The molecular weight excluding hydrogens is 354 g/mol. The molecular formula is C14H16BrF4NO. The number of amides is 1. The number of benzene rings is 1. The first-order valence-electron chi connectivity index (χ1n) is 6.42. The number of rotatable bonds is 5. The van der Waals surface area contributed by atoms with Crippen molar-refractivity contribution in [3.63, 3.8) is 0 Å². The fourth-order valence-electron chi connectivity index (χ4n) is 1.87. The van der Waals surface area contributed by atoms with E-state index in [9.17, 15) is 22.4 Å². The van der Waals surface area contributed by atoms with Gasteiger partial charge in [-0.05, 0) is 38.5 Å². The monoisotopic (exact) mass is 369 g/mol. The number of carbonyl (C=O) groups is 1. The number of nitrogens with zero attached hydrogens (tertiary/aromatic N) is 1. The number of alkyl halides is 4. The van der Waals surface area contributed by atoms with Crippen LogP contribution < -0.4 is 0 Å². The average molecular weight is 370 g/mol. The van der Waals surface area contributed by atoms with E-state index in [0.717, 1.165) is 6.07 Å². The molecule has 2 nitrogen and oxygen atoms in total. The van der Waals surface area contributed by atoms with E-state index in [1.54, 1.807) is 13.8 Å². The Morgan fingerprint density at radius 1 is 1.33 bits per heavy atom. The van der Waals surface area contributed by atoms with Crippen molar-refractivity contribution in [2.75, 3.05) is 11.9 Å². The molecule has 1 amide bonds. The predicted octanol–water partition coefficient (Wildman–Crippen LogP) is 4.48. The summed E-state index contributed by atoms with van der Waals surface area (Å²) in [6, 6.07) is 2.17. The lowest BCUT2D eigenvalue weighted by molar-refractivity contribution is -0.140. The highest BCUT2D eigenvalue weighted by Gasteiger charge is 2.35. The quantitative estimate of drug-likeness (QED) is 0.553. The van der Waals surface area contributed by atoms with Crippen LogP contribution in [0.5, 0.6) is 0 Å². The molecule has 0 aliphatic rings. The van der Waals surface area contributed by atoms with Gasteiger partial charge in [-0.15, -0.1) is 0 Å². The van der Waals surface area contributed by atoms with Gasteiger partial charge in [-0.3, -0.25) is 4.79 Å². The van der Waals surface area contributed by atoms with E-state index >= 15 is 0 Å². The Kier molecular flexibility index (Phi) is 6.19. The summed E-state index contributed by atoms with van der Waals surface area (Å²) < 4.78 is 51.3. The summed E-state index contributed by atoms with van der Waals surface area (Å²) >= 11 is 3.24. The molecule has 21 heavy (non-hydrogen) atoms. The molecule has 0 atom stereocenters. The van der Waals surface area contributed by atoms with Crippen LogP contribution >= 0.6 is 15.9 Å². The maximum absolute atomic E-state index is 13.2. The number of hydrogen-bond donors (Lipinski definition) is 0. The maximum Gasteiger partial charge on any atom is 0.419 e. The van der Waals surface area contributed by atoms with Crippen molar-refractivity contribution in [3.8, 4) is 0 Å². The molecule has 1 rings (SSSR count). The van der Waals surface area contributed by atoms with Gasteiger partial charge in [0.1, 0.15) is 5.82 Å². The van der Waals surface area contributed by atoms with E-state index in [-0.39, 0.29) is 11.6 Å². The summed E-state index contributed by atoms with van der Waals surface area (Å²) in [6.45, 7) is 3.97. The molecule has 0 fully saturated rings. The summed E-state index contributed by atoms with van der Waals surface area (Å²) in [6.07, 6.45) is -4.14. The number of halogens is 5. The third kappa shape index (κ3) is 4.69. The minimum absolute atomic E-state index is 0.157. The summed E-state index contributed by atoms with van der Waals surface area (Å²) in [5.41, 5.74) is -1.58. The van der Waals surface area contributed by atoms with Crippen molar-refractivity contribution in [1.29, 1.82) is 0 Å². The van der Waals surface area contributed by atoms with Gasteiger partial charge >= 0.3 is 6.18 Å². The second-order valence-electron chi connectivity index (χ2n) is 4.83. The lowest BCUT2D eigenvalue weighted by atomic mass is 10.1. The first kappa shape index (κ1) is 17.9. The predicted molar refractivity (Wildman–Crippen MR) is 76.0 cm³/mol. The average Bonchev–Trinajstić information content (AvgIpc) is 2.37. The van der Waals surface area contributed by atoms with E-state index in [1.165, 1.54) is 4.90 Å². The second kappa shape index (κ2) is 7.24. The first-order chi connectivity index (χ1) is 9.68. The minimum Gasteiger partial charge on any atom is -0.336 e. The van der Waals surface area contributed by atoms with E-state index in [4.69, 9.17) is 0 Å². The lowest BCUT2D eigenvalue weighted by Crippen LogP contribution is -2.38. The van der Waals surface area contributed by atoms with E-state index in [1.807, 2.05) is 0 Å². The van der Waals surface area contributed by atoms with Crippen molar-refractivity contribution < 1.29 is 22.4 Å². The van der Waals surface area contributed by atoms with Crippen LogP contribution in [0.3, 0.4) is 0 Å². The summed E-state index contributed by atoms with van der Waals surface area (Å²) in [7, 11) is 0. The number of hydrogen-bond acceptors (Lipinski definition) is 1. The summed E-state index contributed by atoms with van der Waals surface area (Å²) in [4.78, 5) is 13.8. The van der Waals surface area contributed by atoms with Crippen LogP contribution in [-0.2, 0) is 6.18 Å². The molecule has 0 spiro atoms. The zero-order chi connectivity index (χ0) is 16.2. The van der Waals surface area contributed by atoms with Gasteiger partial charge in [-0.1, -0.05) is 15.9 Å². The molecule has 0 N–H and O–H groups in total. The van der Waals surface area contributed by atoms with Gasteiger partial charge in [0.25, 0.3) is 5.91 Å². The van der Waals surface area contributed by atoms with Gasteiger partial charge < -0.3 is 4.90 Å². The maximum atomic E-state index is 13.2. The molecule has 0 aliphatic carbocycles. The van der Waals surface area contributed by atoms with E-state index in [2.05, 4.69) is 15.9 Å². The van der Waals surface area contributed by atoms with Crippen molar-refractivity contribution in [1.82, 2.24) is 4.90 Å². The molecule has 0 unspecified atom stereocenters. The Bertz CT molecular complexity index is 502. The standard InChI is InChI=1S/C14H16BrF4NO/c1-9(2)20(7-3-6-15)13(21)10-4-5-12(16)11(8-10)14(17,18)19/h4-5,8-9H,3,6-7H2,1-2H3. The SMILES string of the molecule is CC(C)N(CCCBr)C(=O)c1ccc(F)c(C(F)(F)F)c1. The molecule has 1 aromatic rings. The highest BCUT2D eigenvalue weighted by Crippen LogP contribution is 2.32. The normalized spacial score (nSPS) is 11.8. The zero-order valence-corrected chi connectivity index (χ0v) is 13.3. The fraction of sp³-hybridized carbons (Fsp3) is 0.500. The Labute approximate surface area is 129 Å². The van der Waals surface area contributed by atoms with E-state index < -0.39 is 23.5 Å². The van der Waals surface area contributed by atoms with Gasteiger partial charge in [0.2, 0.25) is 0 Å². The van der Waals surface area contributed by atoms with E-state index in [0.29, 0.717) is 30.4 Å². The van der Waals surface area contributed by atoms with Crippen molar-refractivity contribution in [3.05, 3.63) is 35.1 Å². The molecule has 0 saturated carbocycles. The van der Waals surface area contributed by atoms with Crippen LogP contribution in [0.4, 0.5) is 17.6 Å². The highest BCUT2D eigenvalue weighted by atomic mass is 79.9. The lowest BCUT2D eigenvalue weighted by Gasteiger charge is -2.27. The van der Waals surface area contributed by atoms with Crippen LogP contribution in [0.2, 0.25) is 0 Å².